The molecular formula is C21H23ClN2O3. The highest BCUT2D eigenvalue weighted by Gasteiger charge is 2.25. The topological polar surface area (TPSA) is 63.3 Å². The molecule has 0 bridgehead atoms. The van der Waals surface area contributed by atoms with Crippen molar-refractivity contribution in [2.24, 2.45) is 0 Å². The second-order valence-corrected chi connectivity index (χ2v) is 7.47. The fourth-order valence-electron chi connectivity index (χ4n) is 3.13. The van der Waals surface area contributed by atoms with Crippen LogP contribution in [0.4, 0.5) is 0 Å². The zero-order valence-electron chi connectivity index (χ0n) is 15.9. The van der Waals surface area contributed by atoms with E-state index in [9.17, 15) is 4.79 Å². The third-order valence-electron chi connectivity index (χ3n) is 4.71. The summed E-state index contributed by atoms with van der Waals surface area (Å²) in [5, 5.41) is 4.81. The van der Waals surface area contributed by atoms with E-state index in [1.54, 1.807) is 32.4 Å². The lowest BCUT2D eigenvalue weighted by Gasteiger charge is -2.25. The van der Waals surface area contributed by atoms with Gasteiger partial charge in [0, 0.05) is 39.6 Å². The molecule has 0 spiro atoms. The first-order chi connectivity index (χ1) is 12.9. The van der Waals surface area contributed by atoms with Gasteiger partial charge in [0.2, 0.25) is 0 Å². The summed E-state index contributed by atoms with van der Waals surface area (Å²) in [4.78, 5) is 15.9. The average molecular weight is 387 g/mol. The number of aromatic nitrogens is 1. The molecule has 0 unspecified atom stereocenters. The van der Waals surface area contributed by atoms with Crippen molar-refractivity contribution in [1.29, 1.82) is 0 Å². The number of rotatable bonds is 6. The van der Waals surface area contributed by atoms with Gasteiger partial charge in [0.15, 0.2) is 11.5 Å². The molecule has 142 valence electrons. The van der Waals surface area contributed by atoms with Crippen LogP contribution in [0.5, 0.6) is 11.5 Å². The van der Waals surface area contributed by atoms with Crippen LogP contribution in [-0.2, 0) is 5.41 Å². The van der Waals surface area contributed by atoms with Crippen LogP contribution in [0.2, 0.25) is 5.02 Å². The van der Waals surface area contributed by atoms with Gasteiger partial charge in [-0.05, 0) is 35.9 Å². The van der Waals surface area contributed by atoms with Gasteiger partial charge in [-0.2, -0.15) is 0 Å². The summed E-state index contributed by atoms with van der Waals surface area (Å²) < 4.78 is 10.5. The van der Waals surface area contributed by atoms with Gasteiger partial charge >= 0.3 is 0 Å². The molecule has 0 aliphatic heterocycles. The average Bonchev–Trinajstić information content (AvgIpc) is 3.09. The van der Waals surface area contributed by atoms with Crippen LogP contribution < -0.4 is 14.8 Å². The molecule has 2 N–H and O–H groups in total. The van der Waals surface area contributed by atoms with Gasteiger partial charge in [0.05, 0.1) is 14.2 Å². The van der Waals surface area contributed by atoms with E-state index in [-0.39, 0.29) is 11.3 Å². The van der Waals surface area contributed by atoms with Crippen molar-refractivity contribution in [2.75, 3.05) is 20.8 Å². The van der Waals surface area contributed by atoms with Crippen LogP contribution >= 0.6 is 11.6 Å². The summed E-state index contributed by atoms with van der Waals surface area (Å²) in [6.45, 7) is 4.67. The van der Waals surface area contributed by atoms with Crippen LogP contribution in [0, 0.1) is 0 Å². The van der Waals surface area contributed by atoms with Gasteiger partial charge in [-0.25, -0.2) is 0 Å². The van der Waals surface area contributed by atoms with Gasteiger partial charge in [-0.3, -0.25) is 4.79 Å². The highest BCUT2D eigenvalue weighted by molar-refractivity contribution is 6.31. The molecule has 2 aromatic carbocycles. The Morgan fingerprint density at radius 1 is 1.11 bits per heavy atom. The lowest BCUT2D eigenvalue weighted by atomic mass is 9.84. The standard InChI is InChI=1S/C21H23ClN2O3/c1-21(2,16-11-23-17-10-14(22)6-7-15(16)17)12-24-20(25)13-5-8-18(26-3)19(9-13)27-4/h5-11,23H,12H2,1-4H3,(H,24,25). The number of hydrogen-bond acceptors (Lipinski definition) is 3. The van der Waals surface area contributed by atoms with Crippen molar-refractivity contribution in [2.45, 2.75) is 19.3 Å². The van der Waals surface area contributed by atoms with Crippen molar-refractivity contribution >= 4 is 28.4 Å². The Balaban J connectivity index is 1.77. The molecule has 0 aliphatic carbocycles. The van der Waals surface area contributed by atoms with Crippen molar-refractivity contribution < 1.29 is 14.3 Å². The number of hydrogen-bond donors (Lipinski definition) is 2. The highest BCUT2D eigenvalue weighted by Crippen LogP contribution is 2.32. The first kappa shape index (κ1) is 19.1. The zero-order valence-corrected chi connectivity index (χ0v) is 16.6. The van der Waals surface area contributed by atoms with Crippen LogP contribution in [0.3, 0.4) is 0 Å². The first-order valence-electron chi connectivity index (χ1n) is 8.63. The smallest absolute Gasteiger partial charge is 0.251 e. The number of carbonyl (C=O) groups excluding carboxylic acids is 1. The quantitative estimate of drug-likeness (QED) is 0.653. The van der Waals surface area contributed by atoms with Crippen LogP contribution in [-0.4, -0.2) is 31.7 Å². The molecule has 0 saturated carbocycles. The Hall–Kier alpha value is -2.66. The Morgan fingerprint density at radius 3 is 2.56 bits per heavy atom. The highest BCUT2D eigenvalue weighted by atomic mass is 35.5. The predicted molar refractivity (Wildman–Crippen MR) is 108 cm³/mol. The summed E-state index contributed by atoms with van der Waals surface area (Å²) in [6, 6.07) is 10.9. The zero-order chi connectivity index (χ0) is 19.6. The molecule has 27 heavy (non-hydrogen) atoms. The van der Waals surface area contributed by atoms with E-state index in [0.29, 0.717) is 28.6 Å². The van der Waals surface area contributed by atoms with Crippen molar-refractivity contribution in [3.05, 3.63) is 58.7 Å². The first-order valence-corrected chi connectivity index (χ1v) is 9.01. The molecule has 5 nitrogen and oxygen atoms in total. The number of benzene rings is 2. The summed E-state index contributed by atoms with van der Waals surface area (Å²) >= 11 is 6.06. The van der Waals surface area contributed by atoms with Gasteiger partial charge in [0.1, 0.15) is 0 Å². The van der Waals surface area contributed by atoms with E-state index in [2.05, 4.69) is 24.1 Å². The SMILES string of the molecule is COc1ccc(C(=O)NCC(C)(C)c2c[nH]c3cc(Cl)ccc23)cc1OC. The van der Waals surface area contributed by atoms with E-state index < -0.39 is 0 Å². The fraction of sp³-hybridized carbons (Fsp3) is 0.286. The maximum atomic E-state index is 12.6. The number of methoxy groups -OCH3 is 2. The summed E-state index contributed by atoms with van der Waals surface area (Å²) in [5.74, 6) is 0.955. The van der Waals surface area contributed by atoms with E-state index in [4.69, 9.17) is 21.1 Å². The minimum atomic E-state index is -0.266. The Morgan fingerprint density at radius 2 is 1.85 bits per heavy atom. The maximum Gasteiger partial charge on any atom is 0.251 e. The molecule has 0 saturated heterocycles. The van der Waals surface area contributed by atoms with Crippen LogP contribution in [0.1, 0.15) is 29.8 Å². The number of aromatic amines is 1. The second-order valence-electron chi connectivity index (χ2n) is 7.03. The lowest BCUT2D eigenvalue weighted by molar-refractivity contribution is 0.0945. The van der Waals surface area contributed by atoms with E-state index >= 15 is 0 Å². The minimum absolute atomic E-state index is 0.160. The molecule has 0 atom stereocenters. The maximum absolute atomic E-state index is 12.6. The number of amides is 1. The van der Waals surface area contributed by atoms with Gasteiger partial charge in [-0.15, -0.1) is 0 Å². The van der Waals surface area contributed by atoms with Gasteiger partial charge in [-0.1, -0.05) is 31.5 Å². The van der Waals surface area contributed by atoms with E-state index in [1.165, 1.54) is 0 Å². The molecule has 0 radical (unpaired) electrons. The molecule has 3 aromatic rings. The molecular weight excluding hydrogens is 364 g/mol. The number of H-pyrrole nitrogens is 1. The number of nitrogens with one attached hydrogen (secondary N) is 2. The van der Waals surface area contributed by atoms with Crippen molar-refractivity contribution in [1.82, 2.24) is 10.3 Å². The summed E-state index contributed by atoms with van der Waals surface area (Å²) in [5.41, 5.74) is 2.37. The molecule has 0 aliphatic rings. The Bertz CT molecular complexity index is 979. The number of carbonyl (C=O) groups is 1. The predicted octanol–water partition coefficient (Wildman–Crippen LogP) is 4.55. The molecule has 3 rings (SSSR count). The Kier molecular flexibility index (Phi) is 5.33. The molecule has 1 heterocycles. The molecule has 1 aromatic heterocycles. The van der Waals surface area contributed by atoms with Gasteiger partial charge in [0.25, 0.3) is 5.91 Å². The monoisotopic (exact) mass is 386 g/mol. The van der Waals surface area contributed by atoms with Crippen LogP contribution in [0.15, 0.2) is 42.6 Å². The number of fused-ring (bicyclic) bond motifs is 1. The molecule has 6 heteroatoms. The minimum Gasteiger partial charge on any atom is -0.493 e. The third kappa shape index (κ3) is 3.88. The van der Waals surface area contributed by atoms with Crippen LogP contribution in [0.25, 0.3) is 10.9 Å². The number of ether oxygens (including phenoxy) is 2. The van der Waals surface area contributed by atoms with Crippen molar-refractivity contribution in [3.63, 3.8) is 0 Å². The normalized spacial score (nSPS) is 11.4. The summed E-state index contributed by atoms with van der Waals surface area (Å²) in [6.07, 6.45) is 1.98. The summed E-state index contributed by atoms with van der Waals surface area (Å²) in [7, 11) is 3.11. The van der Waals surface area contributed by atoms with Crippen molar-refractivity contribution in [3.8, 4) is 11.5 Å². The fourth-order valence-corrected chi connectivity index (χ4v) is 3.31. The second kappa shape index (κ2) is 7.53. The third-order valence-corrected chi connectivity index (χ3v) is 4.94. The van der Waals surface area contributed by atoms with E-state index in [0.717, 1.165) is 16.5 Å². The number of halogens is 1. The van der Waals surface area contributed by atoms with E-state index in [1.807, 2.05) is 24.4 Å². The Labute approximate surface area is 163 Å². The lowest BCUT2D eigenvalue weighted by Crippen LogP contribution is -2.36. The largest absolute Gasteiger partial charge is 0.493 e. The molecule has 1 amide bonds. The molecule has 0 fully saturated rings. The van der Waals surface area contributed by atoms with Gasteiger partial charge < -0.3 is 19.8 Å².